The summed E-state index contributed by atoms with van der Waals surface area (Å²) in [6, 6.07) is 15.6. The van der Waals surface area contributed by atoms with Crippen LogP contribution in [0.4, 0.5) is 11.5 Å². The molecule has 0 aliphatic rings. The van der Waals surface area contributed by atoms with Crippen molar-refractivity contribution in [3.63, 3.8) is 0 Å². The van der Waals surface area contributed by atoms with Crippen LogP contribution in [0.25, 0.3) is 28.2 Å². The Balaban J connectivity index is 1.57. The van der Waals surface area contributed by atoms with Crippen LogP contribution < -0.4 is 4.74 Å². The van der Waals surface area contributed by atoms with Gasteiger partial charge >= 0.3 is 0 Å². The topological polar surface area (TPSA) is 115 Å². The average Bonchev–Trinajstić information content (AvgIpc) is 3.47. The highest BCUT2D eigenvalue weighted by Crippen LogP contribution is 2.37. The maximum Gasteiger partial charge on any atom is 0.273 e. The lowest BCUT2D eigenvalue weighted by Gasteiger charge is -2.06. The third-order valence-electron chi connectivity index (χ3n) is 5.96. The van der Waals surface area contributed by atoms with Crippen molar-refractivity contribution in [3.8, 4) is 34.1 Å². The summed E-state index contributed by atoms with van der Waals surface area (Å²) >= 11 is 3.50. The first kappa shape index (κ1) is 24.3. The zero-order valence-corrected chi connectivity index (χ0v) is 21.7. The maximum atomic E-state index is 11.4. The van der Waals surface area contributed by atoms with E-state index in [0.29, 0.717) is 51.1 Å². The van der Waals surface area contributed by atoms with Gasteiger partial charge in [0, 0.05) is 33.4 Å². The number of aromatic hydroxyl groups is 1. The predicted molar refractivity (Wildman–Crippen MR) is 144 cm³/mol. The number of nitro benzene ring substituents is 1. The van der Waals surface area contributed by atoms with E-state index in [1.165, 1.54) is 13.2 Å². The molecule has 37 heavy (non-hydrogen) atoms. The molecular formula is C27H21BrN4O5. The Labute approximate surface area is 220 Å². The molecule has 0 aliphatic carbocycles. The van der Waals surface area contributed by atoms with Crippen molar-refractivity contribution >= 4 is 39.3 Å². The van der Waals surface area contributed by atoms with Gasteiger partial charge in [-0.3, -0.25) is 14.5 Å². The van der Waals surface area contributed by atoms with E-state index in [4.69, 9.17) is 19.1 Å². The summed E-state index contributed by atoms with van der Waals surface area (Å²) in [6.45, 7) is 3.60. The summed E-state index contributed by atoms with van der Waals surface area (Å²) in [7, 11) is 1.48. The van der Waals surface area contributed by atoms with Gasteiger partial charge in [0.1, 0.15) is 22.9 Å². The van der Waals surface area contributed by atoms with E-state index < -0.39 is 4.92 Å². The van der Waals surface area contributed by atoms with Gasteiger partial charge < -0.3 is 14.3 Å². The highest BCUT2D eigenvalue weighted by molar-refractivity contribution is 9.10. The van der Waals surface area contributed by atoms with Crippen LogP contribution in [0, 0.1) is 24.0 Å². The lowest BCUT2D eigenvalue weighted by Crippen LogP contribution is -1.94. The molecule has 5 rings (SSSR count). The number of ether oxygens (including phenoxy) is 1. The fraction of sp³-hybridized carbons (Fsp3) is 0.111. The Morgan fingerprint density at radius 1 is 1.14 bits per heavy atom. The molecule has 0 saturated carbocycles. The number of aryl methyl sites for hydroxylation is 2. The van der Waals surface area contributed by atoms with Crippen LogP contribution in [0.3, 0.4) is 0 Å². The number of halogens is 1. The molecule has 3 heterocycles. The summed E-state index contributed by atoms with van der Waals surface area (Å²) < 4.78 is 13.9. The van der Waals surface area contributed by atoms with Crippen LogP contribution in [0.5, 0.6) is 11.5 Å². The second-order valence-corrected chi connectivity index (χ2v) is 9.33. The molecule has 0 aliphatic heterocycles. The number of hydrogen-bond acceptors (Lipinski definition) is 7. The van der Waals surface area contributed by atoms with Crippen LogP contribution in [-0.2, 0) is 0 Å². The number of nitro groups is 1. The summed E-state index contributed by atoms with van der Waals surface area (Å²) in [5, 5.41) is 21.4. The Hall–Kier alpha value is -4.44. The molecule has 0 fully saturated rings. The molecule has 2 aromatic carbocycles. The van der Waals surface area contributed by atoms with Crippen molar-refractivity contribution in [2.24, 2.45) is 4.99 Å². The van der Waals surface area contributed by atoms with E-state index in [9.17, 15) is 15.2 Å². The van der Waals surface area contributed by atoms with E-state index in [0.717, 1.165) is 10.0 Å². The lowest BCUT2D eigenvalue weighted by atomic mass is 10.0. The van der Waals surface area contributed by atoms with Gasteiger partial charge in [0.25, 0.3) is 5.69 Å². The lowest BCUT2D eigenvalue weighted by molar-refractivity contribution is -0.385. The molecule has 0 spiro atoms. The molecule has 5 aromatic rings. The van der Waals surface area contributed by atoms with Crippen LogP contribution in [0.2, 0.25) is 0 Å². The summed E-state index contributed by atoms with van der Waals surface area (Å²) in [6.07, 6.45) is 3.44. The van der Waals surface area contributed by atoms with Crippen molar-refractivity contribution in [1.82, 2.24) is 9.38 Å². The zero-order chi connectivity index (χ0) is 26.3. The highest BCUT2D eigenvalue weighted by Gasteiger charge is 2.18. The van der Waals surface area contributed by atoms with E-state index in [1.54, 1.807) is 49.5 Å². The SMILES string of the molecule is COc1cc(-c2nc3ccc(Br)cn3c2N=Cc2ccc(-c3cc([N+](=O)[O-])c(C)cc3C)o2)ccc1O. The Morgan fingerprint density at radius 2 is 1.95 bits per heavy atom. The molecular weight excluding hydrogens is 540 g/mol. The number of phenolic OH excluding ortho intramolecular Hbond substituents is 1. The minimum atomic E-state index is -0.397. The quantitative estimate of drug-likeness (QED) is 0.135. The highest BCUT2D eigenvalue weighted by atomic mass is 79.9. The van der Waals surface area contributed by atoms with Gasteiger partial charge in [0.2, 0.25) is 0 Å². The number of nitrogens with zero attached hydrogens (tertiary/aromatic N) is 4. The molecule has 186 valence electrons. The molecule has 0 radical (unpaired) electrons. The van der Waals surface area contributed by atoms with Crippen molar-refractivity contribution in [2.75, 3.05) is 7.11 Å². The average molecular weight is 561 g/mol. The van der Waals surface area contributed by atoms with E-state index in [2.05, 4.69) is 15.9 Å². The first-order valence-electron chi connectivity index (χ1n) is 11.2. The third-order valence-corrected chi connectivity index (χ3v) is 6.43. The van der Waals surface area contributed by atoms with Crippen molar-refractivity contribution in [2.45, 2.75) is 13.8 Å². The van der Waals surface area contributed by atoms with Crippen LogP contribution in [0.15, 0.2) is 74.7 Å². The van der Waals surface area contributed by atoms with Gasteiger partial charge in [-0.15, -0.1) is 0 Å². The zero-order valence-electron chi connectivity index (χ0n) is 20.1. The summed E-state index contributed by atoms with van der Waals surface area (Å²) in [4.78, 5) is 20.5. The van der Waals surface area contributed by atoms with Crippen LogP contribution >= 0.6 is 15.9 Å². The molecule has 0 saturated heterocycles. The minimum absolute atomic E-state index is 0.0255. The molecule has 0 atom stereocenters. The van der Waals surface area contributed by atoms with E-state index in [1.807, 2.05) is 29.7 Å². The number of methoxy groups -OCH3 is 1. The second kappa shape index (κ2) is 9.55. The normalized spacial score (nSPS) is 11.5. The first-order valence-corrected chi connectivity index (χ1v) is 12.0. The Bertz CT molecular complexity index is 1700. The number of aliphatic imine (C=N–C) groups is 1. The molecule has 0 amide bonds. The molecule has 0 bridgehead atoms. The largest absolute Gasteiger partial charge is 0.504 e. The van der Waals surface area contributed by atoms with Crippen molar-refractivity contribution in [3.05, 3.63) is 92.3 Å². The Morgan fingerprint density at radius 3 is 2.70 bits per heavy atom. The fourth-order valence-corrected chi connectivity index (χ4v) is 4.48. The van der Waals surface area contributed by atoms with Crippen molar-refractivity contribution < 1.29 is 19.2 Å². The van der Waals surface area contributed by atoms with Gasteiger partial charge in [-0.05, 0) is 83.9 Å². The number of fused-ring (bicyclic) bond motifs is 1. The van der Waals surface area contributed by atoms with Gasteiger partial charge in [-0.2, -0.15) is 0 Å². The monoisotopic (exact) mass is 560 g/mol. The number of benzene rings is 2. The molecule has 1 N–H and O–H groups in total. The number of imidazole rings is 1. The molecule has 3 aromatic heterocycles. The van der Waals surface area contributed by atoms with Crippen molar-refractivity contribution in [1.29, 1.82) is 0 Å². The second-order valence-electron chi connectivity index (χ2n) is 8.42. The van der Waals surface area contributed by atoms with Crippen LogP contribution in [-0.4, -0.2) is 32.7 Å². The van der Waals surface area contributed by atoms with Gasteiger partial charge in [0.05, 0.1) is 18.2 Å². The van der Waals surface area contributed by atoms with Gasteiger partial charge in [-0.25, -0.2) is 9.98 Å². The predicted octanol–water partition coefficient (Wildman–Crippen LogP) is 7.01. The summed E-state index contributed by atoms with van der Waals surface area (Å²) in [5.41, 5.74) is 4.13. The standard InChI is InChI=1S/C27H21BrN4O5/c1-15-10-16(2)21(32(34)35)12-20(15)23-8-6-19(37-23)13-29-27-26(17-4-7-22(33)24(11-17)36-3)30-25-9-5-18(28)14-31(25)27/h4-14,33H,1-3H3. The van der Waals surface area contributed by atoms with Crippen LogP contribution in [0.1, 0.15) is 16.9 Å². The van der Waals surface area contributed by atoms with Gasteiger partial charge in [0.15, 0.2) is 17.3 Å². The minimum Gasteiger partial charge on any atom is -0.504 e. The summed E-state index contributed by atoms with van der Waals surface area (Å²) in [5.74, 6) is 1.87. The first-order chi connectivity index (χ1) is 17.7. The van der Waals surface area contributed by atoms with E-state index >= 15 is 0 Å². The van der Waals surface area contributed by atoms with E-state index in [-0.39, 0.29) is 11.4 Å². The number of hydrogen-bond donors (Lipinski definition) is 1. The number of pyridine rings is 1. The number of aromatic nitrogens is 2. The molecule has 10 heteroatoms. The third kappa shape index (κ3) is 4.58. The van der Waals surface area contributed by atoms with Gasteiger partial charge in [-0.1, -0.05) is 0 Å². The number of rotatable bonds is 6. The fourth-order valence-electron chi connectivity index (χ4n) is 4.14. The molecule has 9 nitrogen and oxygen atoms in total. The number of phenols is 1. The smallest absolute Gasteiger partial charge is 0.273 e. The maximum absolute atomic E-state index is 11.4. The number of furan rings is 1. The molecule has 0 unspecified atom stereocenters. The Kier molecular flexibility index (Phi) is 6.26.